The zero-order valence-corrected chi connectivity index (χ0v) is 18.4. The van der Waals surface area contributed by atoms with Crippen LogP contribution >= 0.6 is 0 Å². The van der Waals surface area contributed by atoms with Crippen LogP contribution in [0.3, 0.4) is 0 Å². The summed E-state index contributed by atoms with van der Waals surface area (Å²) in [7, 11) is 1.34. The first-order chi connectivity index (χ1) is 16.0. The minimum atomic E-state index is -0.798. The van der Waals surface area contributed by atoms with E-state index in [1.807, 2.05) is 19.1 Å². The van der Waals surface area contributed by atoms with Crippen LogP contribution in [-0.2, 0) is 6.54 Å². The number of piperazine rings is 1. The number of hydrogen-bond donors (Lipinski definition) is 1. The second-order valence-electron chi connectivity index (χ2n) is 8.14. The zero-order chi connectivity index (χ0) is 23.1. The Morgan fingerprint density at radius 2 is 1.85 bits per heavy atom. The molecule has 0 bridgehead atoms. The number of aryl methyl sites for hydroxylation is 1. The lowest BCUT2D eigenvalue weighted by Crippen LogP contribution is -2.44. The van der Waals surface area contributed by atoms with Gasteiger partial charge in [-0.25, -0.2) is 13.8 Å². The molecule has 2 aliphatic rings. The average molecular weight is 451 g/mol. The number of amides is 1. The van der Waals surface area contributed by atoms with E-state index in [9.17, 15) is 13.6 Å². The van der Waals surface area contributed by atoms with Crippen molar-refractivity contribution in [3.05, 3.63) is 64.9 Å². The van der Waals surface area contributed by atoms with E-state index in [0.717, 1.165) is 49.7 Å². The molecule has 1 N–H and O–H groups in total. The van der Waals surface area contributed by atoms with Gasteiger partial charge in [0.1, 0.15) is 29.0 Å². The molecule has 3 aromatic rings. The second kappa shape index (κ2) is 8.40. The molecule has 2 aromatic heterocycles. The number of benzene rings is 1. The largest absolute Gasteiger partial charge is 0.496 e. The van der Waals surface area contributed by atoms with Gasteiger partial charge in [-0.1, -0.05) is 0 Å². The third-order valence-electron chi connectivity index (χ3n) is 5.98. The number of hydrogen-bond acceptors (Lipinski definition) is 6. The summed E-state index contributed by atoms with van der Waals surface area (Å²) in [5, 5.41) is 3.32. The minimum Gasteiger partial charge on any atom is -0.496 e. The summed E-state index contributed by atoms with van der Waals surface area (Å²) in [6.45, 7) is 5.56. The molecule has 0 saturated carbocycles. The fraction of sp³-hybridized carbons (Fsp3) is 0.292. The van der Waals surface area contributed by atoms with E-state index in [2.05, 4.69) is 15.2 Å². The lowest BCUT2D eigenvalue weighted by Gasteiger charge is -2.29. The number of carbonyl (C=O) groups excluding carboxylic acids is 1. The molecule has 1 amide bonds. The molecule has 4 heterocycles. The number of ether oxygens (including phenoxy) is 1. The molecule has 1 aromatic carbocycles. The van der Waals surface area contributed by atoms with Crippen LogP contribution in [0.1, 0.15) is 21.5 Å². The van der Waals surface area contributed by atoms with E-state index in [4.69, 9.17) is 9.72 Å². The van der Waals surface area contributed by atoms with E-state index in [-0.39, 0.29) is 29.5 Å². The first kappa shape index (κ1) is 21.3. The highest BCUT2D eigenvalue weighted by molar-refractivity contribution is 6.10. The first-order valence-electron chi connectivity index (χ1n) is 10.7. The molecular formula is C24H23F2N5O2. The van der Waals surface area contributed by atoms with Gasteiger partial charge in [-0.15, -0.1) is 0 Å². The Morgan fingerprint density at radius 1 is 1.09 bits per heavy atom. The molecule has 5 rings (SSSR count). The van der Waals surface area contributed by atoms with E-state index in [1.165, 1.54) is 13.3 Å². The normalized spacial score (nSPS) is 15.7. The van der Waals surface area contributed by atoms with Gasteiger partial charge in [0.05, 0.1) is 24.9 Å². The monoisotopic (exact) mass is 451 g/mol. The van der Waals surface area contributed by atoms with Gasteiger partial charge in [0, 0.05) is 55.6 Å². The summed E-state index contributed by atoms with van der Waals surface area (Å²) in [6.07, 6.45) is 1.45. The molecule has 170 valence electrons. The Kier molecular flexibility index (Phi) is 5.41. The summed E-state index contributed by atoms with van der Waals surface area (Å²) in [5.74, 6) is -0.411. The standard InChI is InChI=1S/C24H23F2N5O2/c1-14-9-20(30-7-5-27-6-8-30)29-21(10-14)31-13-17-16(24(31)32)3-4-28-23(17)22-18(26)11-15(25)12-19(22)33-2/h3-4,9-12,27H,5-8,13H2,1-2H3. The Hall–Kier alpha value is -3.59. The SMILES string of the molecule is COc1cc(F)cc(F)c1-c1nccc2c1CN(c1cc(C)cc(N3CCNCC3)n1)C2=O. The number of methoxy groups -OCH3 is 1. The molecule has 33 heavy (non-hydrogen) atoms. The van der Waals surface area contributed by atoms with Crippen LogP contribution in [-0.4, -0.2) is 49.2 Å². The number of rotatable bonds is 4. The van der Waals surface area contributed by atoms with Crippen molar-refractivity contribution in [3.8, 4) is 17.0 Å². The fourth-order valence-corrected chi connectivity index (χ4v) is 4.39. The van der Waals surface area contributed by atoms with Crippen LogP contribution in [0, 0.1) is 18.6 Å². The number of carbonyl (C=O) groups is 1. The Labute approximate surface area is 190 Å². The summed E-state index contributed by atoms with van der Waals surface area (Å²) >= 11 is 0. The topological polar surface area (TPSA) is 70.6 Å². The number of fused-ring (bicyclic) bond motifs is 1. The lowest BCUT2D eigenvalue weighted by atomic mass is 10.0. The molecule has 0 atom stereocenters. The highest BCUT2D eigenvalue weighted by Gasteiger charge is 2.34. The van der Waals surface area contributed by atoms with Crippen molar-refractivity contribution in [3.63, 3.8) is 0 Å². The molecule has 7 nitrogen and oxygen atoms in total. The molecule has 1 fully saturated rings. The minimum absolute atomic E-state index is 0.0222. The van der Waals surface area contributed by atoms with Gasteiger partial charge in [0.15, 0.2) is 0 Å². The average Bonchev–Trinajstić information content (AvgIpc) is 3.16. The Bertz CT molecular complexity index is 1240. The van der Waals surface area contributed by atoms with Crippen molar-refractivity contribution < 1.29 is 18.3 Å². The maximum atomic E-state index is 14.8. The first-order valence-corrected chi connectivity index (χ1v) is 10.7. The van der Waals surface area contributed by atoms with Crippen LogP contribution < -0.4 is 19.9 Å². The highest BCUT2D eigenvalue weighted by Crippen LogP contribution is 2.39. The van der Waals surface area contributed by atoms with Crippen molar-refractivity contribution in [2.45, 2.75) is 13.5 Å². The van der Waals surface area contributed by atoms with Crippen LogP contribution in [0.25, 0.3) is 11.3 Å². The Balaban J connectivity index is 1.56. The molecule has 9 heteroatoms. The summed E-state index contributed by atoms with van der Waals surface area (Å²) in [6, 6.07) is 7.38. The van der Waals surface area contributed by atoms with Gasteiger partial charge in [0.25, 0.3) is 5.91 Å². The van der Waals surface area contributed by atoms with E-state index in [1.54, 1.807) is 11.0 Å². The van der Waals surface area contributed by atoms with Crippen LogP contribution in [0.4, 0.5) is 20.4 Å². The van der Waals surface area contributed by atoms with E-state index in [0.29, 0.717) is 16.9 Å². The lowest BCUT2D eigenvalue weighted by molar-refractivity contribution is 0.0996. The van der Waals surface area contributed by atoms with Gasteiger partial charge in [-0.3, -0.25) is 14.7 Å². The number of aromatic nitrogens is 2. The van der Waals surface area contributed by atoms with Gasteiger partial charge >= 0.3 is 0 Å². The molecule has 0 spiro atoms. The van der Waals surface area contributed by atoms with E-state index < -0.39 is 11.6 Å². The van der Waals surface area contributed by atoms with Crippen LogP contribution in [0.15, 0.2) is 36.5 Å². The van der Waals surface area contributed by atoms with E-state index >= 15 is 0 Å². The number of nitrogens with one attached hydrogen (secondary N) is 1. The predicted octanol–water partition coefficient (Wildman–Crippen LogP) is 3.31. The molecule has 2 aliphatic heterocycles. The van der Waals surface area contributed by atoms with Crippen molar-refractivity contribution in [2.75, 3.05) is 43.1 Å². The summed E-state index contributed by atoms with van der Waals surface area (Å²) < 4.78 is 33.8. The van der Waals surface area contributed by atoms with Crippen molar-refractivity contribution in [1.29, 1.82) is 0 Å². The molecule has 0 unspecified atom stereocenters. The predicted molar refractivity (Wildman–Crippen MR) is 121 cm³/mol. The Morgan fingerprint density at radius 3 is 2.61 bits per heavy atom. The van der Waals surface area contributed by atoms with Crippen molar-refractivity contribution >= 4 is 17.5 Å². The summed E-state index contributed by atoms with van der Waals surface area (Å²) in [5.41, 5.74) is 2.25. The third-order valence-corrected chi connectivity index (χ3v) is 5.98. The molecule has 1 saturated heterocycles. The number of halogens is 2. The number of pyridine rings is 2. The third kappa shape index (κ3) is 3.78. The zero-order valence-electron chi connectivity index (χ0n) is 18.4. The maximum Gasteiger partial charge on any atom is 0.260 e. The van der Waals surface area contributed by atoms with Gasteiger partial charge < -0.3 is 15.0 Å². The van der Waals surface area contributed by atoms with Gasteiger partial charge in [0.2, 0.25) is 0 Å². The molecule has 0 aliphatic carbocycles. The molecule has 0 radical (unpaired) electrons. The maximum absolute atomic E-state index is 14.8. The quantitative estimate of drug-likeness (QED) is 0.657. The molecular weight excluding hydrogens is 428 g/mol. The van der Waals surface area contributed by atoms with Gasteiger partial charge in [-0.2, -0.15) is 0 Å². The summed E-state index contributed by atoms with van der Waals surface area (Å²) in [4.78, 5) is 26.2. The smallest absolute Gasteiger partial charge is 0.260 e. The second-order valence-corrected chi connectivity index (χ2v) is 8.14. The van der Waals surface area contributed by atoms with Crippen LogP contribution in [0.2, 0.25) is 0 Å². The highest BCUT2D eigenvalue weighted by atomic mass is 19.1. The van der Waals surface area contributed by atoms with Crippen molar-refractivity contribution in [1.82, 2.24) is 15.3 Å². The fourth-order valence-electron chi connectivity index (χ4n) is 4.39. The van der Waals surface area contributed by atoms with Crippen molar-refractivity contribution in [2.24, 2.45) is 0 Å². The van der Waals surface area contributed by atoms with Gasteiger partial charge in [-0.05, 0) is 30.7 Å². The number of nitrogens with zero attached hydrogens (tertiary/aromatic N) is 4. The van der Waals surface area contributed by atoms with Crippen LogP contribution in [0.5, 0.6) is 5.75 Å². The number of anilines is 2.